The third kappa shape index (κ3) is 3.84. The Morgan fingerprint density at radius 1 is 1.64 bits per heavy atom. The van der Waals surface area contributed by atoms with Crippen molar-refractivity contribution in [2.75, 3.05) is 5.75 Å². The predicted molar refractivity (Wildman–Crippen MR) is 43.8 cm³/mol. The molecule has 5 nitrogen and oxygen atoms in total. The van der Waals surface area contributed by atoms with E-state index in [4.69, 9.17) is 5.84 Å². The molecule has 1 atom stereocenters. The van der Waals surface area contributed by atoms with Crippen LogP contribution in [0, 0.1) is 0 Å². The largest absolute Gasteiger partial charge is 0.344 e. The lowest BCUT2D eigenvalue weighted by molar-refractivity contribution is -0.127. The maximum absolute atomic E-state index is 10.8. The first kappa shape index (κ1) is 10.2. The molecule has 2 amide bonds. The Labute approximate surface area is 70.1 Å². The highest BCUT2D eigenvalue weighted by Crippen LogP contribution is 1.86. The van der Waals surface area contributed by atoms with Crippen LogP contribution in [0.4, 0.5) is 0 Å². The van der Waals surface area contributed by atoms with Gasteiger partial charge in [-0.2, -0.15) is 12.6 Å². The minimum absolute atomic E-state index is 0.225. The van der Waals surface area contributed by atoms with Gasteiger partial charge in [0.25, 0.3) is 5.91 Å². The van der Waals surface area contributed by atoms with Crippen molar-refractivity contribution in [3.05, 3.63) is 0 Å². The predicted octanol–water partition coefficient (Wildman–Crippen LogP) is -1.59. The van der Waals surface area contributed by atoms with E-state index in [1.54, 1.807) is 0 Å². The Morgan fingerprint density at radius 2 is 2.18 bits per heavy atom. The van der Waals surface area contributed by atoms with E-state index in [-0.39, 0.29) is 11.7 Å². The van der Waals surface area contributed by atoms with Gasteiger partial charge in [-0.15, -0.1) is 0 Å². The van der Waals surface area contributed by atoms with E-state index >= 15 is 0 Å². The van der Waals surface area contributed by atoms with E-state index < -0.39 is 11.9 Å². The first-order valence-electron chi connectivity index (χ1n) is 3.00. The summed E-state index contributed by atoms with van der Waals surface area (Å²) in [4.78, 5) is 21.2. The number of rotatable bonds is 3. The summed E-state index contributed by atoms with van der Waals surface area (Å²) >= 11 is 3.85. The van der Waals surface area contributed by atoms with Gasteiger partial charge in [0.05, 0.1) is 0 Å². The molecular weight excluding hydrogens is 166 g/mol. The third-order valence-corrected chi connectivity index (χ3v) is 1.38. The van der Waals surface area contributed by atoms with Gasteiger partial charge in [-0.1, -0.05) is 0 Å². The maximum atomic E-state index is 10.8. The van der Waals surface area contributed by atoms with Gasteiger partial charge < -0.3 is 5.32 Å². The van der Waals surface area contributed by atoms with Crippen LogP contribution >= 0.6 is 12.6 Å². The quantitative estimate of drug-likeness (QED) is 0.181. The highest BCUT2D eigenvalue weighted by Gasteiger charge is 2.15. The number of amides is 2. The van der Waals surface area contributed by atoms with Crippen molar-refractivity contribution in [2.24, 2.45) is 5.84 Å². The van der Waals surface area contributed by atoms with Gasteiger partial charge in [0.1, 0.15) is 6.04 Å². The molecule has 0 rings (SSSR count). The third-order valence-electron chi connectivity index (χ3n) is 1.02. The molecule has 0 radical (unpaired) electrons. The molecule has 4 N–H and O–H groups in total. The van der Waals surface area contributed by atoms with Gasteiger partial charge in [0.15, 0.2) is 0 Å². The maximum Gasteiger partial charge on any atom is 0.257 e. The molecule has 6 heteroatoms. The van der Waals surface area contributed by atoms with Crippen molar-refractivity contribution in [1.82, 2.24) is 10.7 Å². The van der Waals surface area contributed by atoms with Crippen LogP contribution in [0.3, 0.4) is 0 Å². The van der Waals surface area contributed by atoms with Crippen molar-refractivity contribution in [3.8, 4) is 0 Å². The minimum Gasteiger partial charge on any atom is -0.344 e. The summed E-state index contributed by atoms with van der Waals surface area (Å²) in [6.45, 7) is 1.32. The van der Waals surface area contributed by atoms with E-state index in [1.807, 2.05) is 5.43 Å². The molecule has 0 saturated carbocycles. The molecule has 0 saturated heterocycles. The first-order chi connectivity index (χ1) is 5.11. The van der Waals surface area contributed by atoms with Crippen LogP contribution < -0.4 is 16.6 Å². The normalized spacial score (nSPS) is 11.9. The minimum atomic E-state index is -0.652. The van der Waals surface area contributed by atoms with Crippen LogP contribution in [0.15, 0.2) is 0 Å². The molecule has 0 aliphatic carbocycles. The van der Waals surface area contributed by atoms with E-state index in [0.717, 1.165) is 0 Å². The standard InChI is InChI=1S/C5H11N3O2S/c1-3(9)7-4(2-11)5(10)8-6/h4,11H,2,6H2,1H3,(H,7,9)(H,8,10)/t4-/m0/s1. The number of hydrazine groups is 1. The summed E-state index contributed by atoms with van der Waals surface area (Å²) in [5, 5.41) is 2.37. The molecule has 64 valence electrons. The molecule has 0 aromatic carbocycles. The lowest BCUT2D eigenvalue weighted by Crippen LogP contribution is -2.49. The molecule has 11 heavy (non-hydrogen) atoms. The van der Waals surface area contributed by atoms with E-state index in [9.17, 15) is 9.59 Å². The summed E-state index contributed by atoms with van der Waals surface area (Å²) in [6, 6.07) is -0.652. The summed E-state index contributed by atoms with van der Waals surface area (Å²) in [7, 11) is 0. The fraction of sp³-hybridized carbons (Fsp3) is 0.600. The first-order valence-corrected chi connectivity index (χ1v) is 3.63. The SMILES string of the molecule is CC(=O)N[C@@H](CS)C(=O)NN. The van der Waals surface area contributed by atoms with Gasteiger partial charge in [-0.25, -0.2) is 5.84 Å². The summed E-state index contributed by atoms with van der Waals surface area (Å²) in [6.07, 6.45) is 0. The summed E-state index contributed by atoms with van der Waals surface area (Å²) < 4.78 is 0. The van der Waals surface area contributed by atoms with Gasteiger partial charge in [-0.3, -0.25) is 15.0 Å². The zero-order chi connectivity index (χ0) is 8.85. The zero-order valence-corrected chi connectivity index (χ0v) is 7.02. The summed E-state index contributed by atoms with van der Waals surface area (Å²) in [5.74, 6) is 4.33. The molecule has 0 aliphatic heterocycles. The van der Waals surface area contributed by atoms with Crippen LogP contribution in [0.2, 0.25) is 0 Å². The van der Waals surface area contributed by atoms with Gasteiger partial charge in [0, 0.05) is 12.7 Å². The number of nitrogens with one attached hydrogen (secondary N) is 2. The molecule has 0 bridgehead atoms. The number of carbonyl (C=O) groups is 2. The molecule has 0 fully saturated rings. The van der Waals surface area contributed by atoms with E-state index in [2.05, 4.69) is 17.9 Å². The Kier molecular flexibility index (Phi) is 4.64. The topological polar surface area (TPSA) is 84.2 Å². The second kappa shape index (κ2) is 4.97. The molecule has 0 aromatic rings. The van der Waals surface area contributed by atoms with Crippen LogP contribution in [0.25, 0.3) is 0 Å². The smallest absolute Gasteiger partial charge is 0.257 e. The number of carbonyl (C=O) groups excluding carboxylic acids is 2. The Bertz CT molecular complexity index is 162. The Hall–Kier alpha value is -0.750. The lowest BCUT2D eigenvalue weighted by Gasteiger charge is -2.12. The van der Waals surface area contributed by atoms with Crippen LogP contribution in [-0.4, -0.2) is 23.6 Å². The second-order valence-corrected chi connectivity index (χ2v) is 2.31. The van der Waals surface area contributed by atoms with Crippen LogP contribution in [0.5, 0.6) is 0 Å². The molecule has 0 spiro atoms. The lowest BCUT2D eigenvalue weighted by atomic mass is 10.3. The number of hydrogen-bond acceptors (Lipinski definition) is 4. The number of thiol groups is 1. The van der Waals surface area contributed by atoms with Crippen molar-refractivity contribution in [1.29, 1.82) is 0 Å². The highest BCUT2D eigenvalue weighted by molar-refractivity contribution is 7.80. The molecule has 0 heterocycles. The van der Waals surface area contributed by atoms with Gasteiger partial charge in [0.2, 0.25) is 5.91 Å². The number of hydrogen-bond donors (Lipinski definition) is 4. The van der Waals surface area contributed by atoms with Crippen LogP contribution in [0.1, 0.15) is 6.92 Å². The van der Waals surface area contributed by atoms with Crippen molar-refractivity contribution < 1.29 is 9.59 Å². The average molecular weight is 177 g/mol. The van der Waals surface area contributed by atoms with Gasteiger partial charge >= 0.3 is 0 Å². The fourth-order valence-corrected chi connectivity index (χ4v) is 0.797. The summed E-state index contributed by atoms with van der Waals surface area (Å²) in [5.41, 5.74) is 1.92. The molecule has 0 aromatic heterocycles. The highest BCUT2D eigenvalue weighted by atomic mass is 32.1. The van der Waals surface area contributed by atoms with Gasteiger partial charge in [-0.05, 0) is 0 Å². The monoisotopic (exact) mass is 177 g/mol. The Morgan fingerprint density at radius 3 is 2.45 bits per heavy atom. The van der Waals surface area contributed by atoms with E-state index in [0.29, 0.717) is 0 Å². The zero-order valence-electron chi connectivity index (χ0n) is 6.13. The van der Waals surface area contributed by atoms with E-state index in [1.165, 1.54) is 6.92 Å². The second-order valence-electron chi connectivity index (χ2n) is 1.94. The molecule has 0 aliphatic rings. The Balaban J connectivity index is 3.94. The van der Waals surface area contributed by atoms with Crippen molar-refractivity contribution >= 4 is 24.4 Å². The molecular formula is C5H11N3O2S. The number of nitrogens with two attached hydrogens (primary N) is 1. The average Bonchev–Trinajstić information content (AvgIpc) is 1.98. The van der Waals surface area contributed by atoms with Crippen LogP contribution in [-0.2, 0) is 9.59 Å². The van der Waals surface area contributed by atoms with Crippen molar-refractivity contribution in [3.63, 3.8) is 0 Å². The van der Waals surface area contributed by atoms with Crippen molar-refractivity contribution in [2.45, 2.75) is 13.0 Å². The molecule has 0 unspecified atom stereocenters. The fourth-order valence-electron chi connectivity index (χ4n) is 0.540.